The fraction of sp³-hybridized carbons (Fsp3) is 0.750. The highest BCUT2D eigenvalue weighted by Crippen LogP contribution is 2.51. The number of aromatic nitrogens is 2. The summed E-state index contributed by atoms with van der Waals surface area (Å²) in [5.74, 6) is 0. The molecule has 4 heteroatoms. The number of thioether (sulfide) groups is 1. The molecule has 1 aromatic heterocycles. The summed E-state index contributed by atoms with van der Waals surface area (Å²) in [6.45, 7) is 2.00. The minimum atomic E-state index is -0.616. The van der Waals surface area contributed by atoms with Gasteiger partial charge >= 0.3 is 0 Å². The molecule has 88 valence electrons. The van der Waals surface area contributed by atoms with Gasteiger partial charge in [0.15, 0.2) is 0 Å². The van der Waals surface area contributed by atoms with E-state index in [2.05, 4.69) is 16.9 Å². The number of aryl methyl sites for hydroxylation is 2. The zero-order valence-corrected chi connectivity index (χ0v) is 10.6. The van der Waals surface area contributed by atoms with Crippen molar-refractivity contribution in [3.8, 4) is 0 Å². The molecule has 3 heterocycles. The summed E-state index contributed by atoms with van der Waals surface area (Å²) >= 11 is 2.07. The van der Waals surface area contributed by atoms with Crippen LogP contribution in [0.1, 0.15) is 36.9 Å². The SMILES string of the molecule is Cc1nn(C)cc1C1(O)CC2CCC(C1)S2. The van der Waals surface area contributed by atoms with Gasteiger partial charge in [-0.15, -0.1) is 0 Å². The third-order valence-corrected chi connectivity index (χ3v) is 5.42. The summed E-state index contributed by atoms with van der Waals surface area (Å²) in [5, 5.41) is 16.5. The third kappa shape index (κ3) is 1.59. The molecule has 3 nitrogen and oxygen atoms in total. The lowest BCUT2D eigenvalue weighted by Gasteiger charge is -2.35. The smallest absolute Gasteiger partial charge is 0.0950 e. The zero-order chi connectivity index (χ0) is 11.3. The summed E-state index contributed by atoms with van der Waals surface area (Å²) in [5.41, 5.74) is 1.42. The minimum Gasteiger partial charge on any atom is -0.385 e. The number of aliphatic hydroxyl groups is 1. The maximum Gasteiger partial charge on any atom is 0.0950 e. The van der Waals surface area contributed by atoms with Crippen LogP contribution in [0.4, 0.5) is 0 Å². The van der Waals surface area contributed by atoms with Gasteiger partial charge in [-0.05, 0) is 32.6 Å². The van der Waals surface area contributed by atoms with Crippen molar-refractivity contribution in [3.05, 3.63) is 17.5 Å². The van der Waals surface area contributed by atoms with Gasteiger partial charge in [-0.1, -0.05) is 0 Å². The lowest BCUT2D eigenvalue weighted by Crippen LogP contribution is -2.34. The third-order valence-electron chi connectivity index (χ3n) is 3.84. The van der Waals surface area contributed by atoms with E-state index in [1.54, 1.807) is 0 Å². The predicted octanol–water partition coefficient (Wildman–Crippen LogP) is 1.97. The van der Waals surface area contributed by atoms with Gasteiger partial charge in [0.05, 0.1) is 11.3 Å². The molecule has 2 unspecified atom stereocenters. The molecular weight excluding hydrogens is 220 g/mol. The lowest BCUT2D eigenvalue weighted by atomic mass is 9.86. The monoisotopic (exact) mass is 238 g/mol. The Morgan fingerprint density at radius 2 is 2.06 bits per heavy atom. The molecule has 1 aromatic rings. The Kier molecular flexibility index (Phi) is 2.33. The molecule has 2 fully saturated rings. The normalized spacial score (nSPS) is 37.9. The molecule has 16 heavy (non-hydrogen) atoms. The second kappa shape index (κ2) is 3.50. The first-order valence-corrected chi connectivity index (χ1v) is 6.90. The van der Waals surface area contributed by atoms with Crippen molar-refractivity contribution in [2.75, 3.05) is 0 Å². The molecule has 0 radical (unpaired) electrons. The number of nitrogens with zero attached hydrogens (tertiary/aromatic N) is 2. The summed E-state index contributed by atoms with van der Waals surface area (Å²) in [7, 11) is 1.92. The quantitative estimate of drug-likeness (QED) is 0.813. The Labute approximate surface area is 100 Å². The van der Waals surface area contributed by atoms with E-state index in [9.17, 15) is 5.11 Å². The van der Waals surface area contributed by atoms with Crippen molar-refractivity contribution in [1.29, 1.82) is 0 Å². The van der Waals surface area contributed by atoms with Gasteiger partial charge in [0, 0.05) is 29.3 Å². The van der Waals surface area contributed by atoms with Gasteiger partial charge < -0.3 is 5.11 Å². The van der Waals surface area contributed by atoms with E-state index in [1.807, 2.05) is 24.9 Å². The second-order valence-corrected chi connectivity index (χ2v) is 6.80. The van der Waals surface area contributed by atoms with Gasteiger partial charge in [0.2, 0.25) is 0 Å². The van der Waals surface area contributed by atoms with Crippen LogP contribution in [0.2, 0.25) is 0 Å². The first-order valence-electron chi connectivity index (χ1n) is 5.95. The van der Waals surface area contributed by atoms with Gasteiger partial charge in [-0.2, -0.15) is 16.9 Å². The molecule has 0 amide bonds. The highest BCUT2D eigenvalue weighted by Gasteiger charge is 2.45. The molecule has 2 saturated heterocycles. The van der Waals surface area contributed by atoms with Crippen molar-refractivity contribution in [2.24, 2.45) is 7.05 Å². The molecule has 2 aliphatic rings. The molecule has 1 N–H and O–H groups in total. The number of hydrogen-bond donors (Lipinski definition) is 1. The standard InChI is InChI=1S/C12H18N2OS/c1-8-11(7-14(2)13-8)12(15)5-9-3-4-10(6-12)16-9/h7,9-10,15H,3-6H2,1-2H3. The summed E-state index contributed by atoms with van der Waals surface area (Å²) < 4.78 is 1.81. The Morgan fingerprint density at radius 3 is 2.56 bits per heavy atom. The lowest BCUT2D eigenvalue weighted by molar-refractivity contribution is 0.0190. The molecule has 0 spiro atoms. The van der Waals surface area contributed by atoms with Gasteiger partial charge in [0.25, 0.3) is 0 Å². The van der Waals surface area contributed by atoms with Gasteiger partial charge in [-0.3, -0.25) is 4.68 Å². The van der Waals surface area contributed by atoms with E-state index in [0.29, 0.717) is 10.5 Å². The van der Waals surface area contributed by atoms with Crippen LogP contribution in [0.15, 0.2) is 6.20 Å². The maximum atomic E-state index is 10.9. The average molecular weight is 238 g/mol. The molecule has 0 aliphatic carbocycles. The molecule has 0 aromatic carbocycles. The second-order valence-electron chi connectivity index (χ2n) is 5.20. The van der Waals surface area contributed by atoms with Crippen LogP contribution in [-0.2, 0) is 12.6 Å². The van der Waals surface area contributed by atoms with Crippen molar-refractivity contribution >= 4 is 11.8 Å². The number of rotatable bonds is 1. The molecule has 3 rings (SSSR count). The van der Waals surface area contributed by atoms with Crippen LogP contribution in [-0.4, -0.2) is 25.4 Å². The Bertz CT molecular complexity index is 403. The van der Waals surface area contributed by atoms with E-state index in [4.69, 9.17) is 0 Å². The minimum absolute atomic E-state index is 0.616. The molecular formula is C12H18N2OS. The van der Waals surface area contributed by atoms with E-state index in [-0.39, 0.29) is 0 Å². The highest BCUT2D eigenvalue weighted by molar-refractivity contribution is 8.00. The summed E-state index contributed by atoms with van der Waals surface area (Å²) in [6, 6.07) is 0. The van der Waals surface area contributed by atoms with E-state index < -0.39 is 5.60 Å². The number of fused-ring (bicyclic) bond motifs is 2. The topological polar surface area (TPSA) is 38.0 Å². The van der Waals surface area contributed by atoms with Crippen molar-refractivity contribution < 1.29 is 5.11 Å². The summed E-state index contributed by atoms with van der Waals surface area (Å²) in [4.78, 5) is 0. The first kappa shape index (κ1) is 10.7. The zero-order valence-electron chi connectivity index (χ0n) is 9.81. The molecule has 2 aliphatic heterocycles. The van der Waals surface area contributed by atoms with Gasteiger partial charge in [-0.25, -0.2) is 0 Å². The average Bonchev–Trinajstić information content (AvgIpc) is 2.70. The van der Waals surface area contributed by atoms with Crippen LogP contribution < -0.4 is 0 Å². The highest BCUT2D eigenvalue weighted by atomic mass is 32.2. The predicted molar refractivity (Wildman–Crippen MR) is 65.5 cm³/mol. The number of hydrogen-bond acceptors (Lipinski definition) is 3. The Hall–Kier alpha value is -0.480. The Balaban J connectivity index is 1.96. The Morgan fingerprint density at radius 1 is 1.44 bits per heavy atom. The van der Waals surface area contributed by atoms with E-state index in [1.165, 1.54) is 12.8 Å². The fourth-order valence-electron chi connectivity index (χ4n) is 3.19. The largest absolute Gasteiger partial charge is 0.385 e. The fourth-order valence-corrected chi connectivity index (χ4v) is 5.03. The van der Waals surface area contributed by atoms with Crippen LogP contribution in [0.3, 0.4) is 0 Å². The van der Waals surface area contributed by atoms with E-state index >= 15 is 0 Å². The van der Waals surface area contributed by atoms with Crippen LogP contribution in [0.5, 0.6) is 0 Å². The molecule has 0 saturated carbocycles. The van der Waals surface area contributed by atoms with Crippen LogP contribution >= 0.6 is 11.8 Å². The van der Waals surface area contributed by atoms with Crippen LogP contribution in [0, 0.1) is 6.92 Å². The molecule has 2 atom stereocenters. The van der Waals surface area contributed by atoms with Crippen molar-refractivity contribution in [2.45, 2.75) is 48.7 Å². The van der Waals surface area contributed by atoms with Crippen molar-refractivity contribution in [1.82, 2.24) is 9.78 Å². The van der Waals surface area contributed by atoms with Crippen molar-refractivity contribution in [3.63, 3.8) is 0 Å². The maximum absolute atomic E-state index is 10.9. The van der Waals surface area contributed by atoms with Crippen LogP contribution in [0.25, 0.3) is 0 Å². The molecule has 2 bridgehead atoms. The summed E-state index contributed by atoms with van der Waals surface area (Å²) in [6.07, 6.45) is 6.35. The van der Waals surface area contributed by atoms with E-state index in [0.717, 1.165) is 24.1 Å². The van der Waals surface area contributed by atoms with Gasteiger partial charge in [0.1, 0.15) is 0 Å². The first-order chi connectivity index (χ1) is 7.57.